The molecule has 2 N–H and O–H groups in total. The molecule has 0 atom stereocenters. The number of carbonyl (C=O) groups excluding carboxylic acids is 1. The molecule has 29 heavy (non-hydrogen) atoms. The van der Waals surface area contributed by atoms with Gasteiger partial charge in [-0.25, -0.2) is 0 Å². The van der Waals surface area contributed by atoms with Crippen molar-refractivity contribution in [3.63, 3.8) is 0 Å². The fourth-order valence-electron chi connectivity index (χ4n) is 3.52. The number of carbonyl (C=O) groups is 1. The largest absolute Gasteiger partial charge is 0.489 e. The van der Waals surface area contributed by atoms with E-state index in [1.165, 1.54) is 18.5 Å². The highest BCUT2D eigenvalue weighted by atomic mass is 16.5. The molecule has 2 aromatic rings. The quantitative estimate of drug-likeness (QED) is 0.649. The molecule has 5 heteroatoms. The van der Waals surface area contributed by atoms with Crippen molar-refractivity contribution in [2.24, 2.45) is 5.92 Å². The number of nitrogens with one attached hydrogen (secondary N) is 2. The standard InChI is InChI=1S/C24H33N3O2/c1-18(2)29-23-7-5-4-6-22(23)26-24(28)12-15-25-20-8-10-21(11-9-20)27-16-13-19(3)14-17-27/h4-11,18-19,25H,12-17H2,1-3H3,(H,26,28). The van der Waals surface area contributed by atoms with Crippen LogP contribution < -0.4 is 20.3 Å². The minimum Gasteiger partial charge on any atom is -0.489 e. The van der Waals surface area contributed by atoms with Gasteiger partial charge in [-0.05, 0) is 69.0 Å². The highest BCUT2D eigenvalue weighted by Crippen LogP contribution is 2.26. The van der Waals surface area contributed by atoms with Crippen LogP contribution in [0.25, 0.3) is 0 Å². The van der Waals surface area contributed by atoms with E-state index in [-0.39, 0.29) is 12.0 Å². The number of hydrogen-bond acceptors (Lipinski definition) is 4. The molecular weight excluding hydrogens is 362 g/mol. The number of nitrogens with zero attached hydrogens (tertiary/aromatic N) is 1. The molecule has 1 amide bonds. The molecule has 0 radical (unpaired) electrons. The highest BCUT2D eigenvalue weighted by molar-refractivity contribution is 5.92. The number of para-hydroxylation sites is 2. The van der Waals surface area contributed by atoms with Gasteiger partial charge in [0.15, 0.2) is 0 Å². The van der Waals surface area contributed by atoms with E-state index in [4.69, 9.17) is 4.74 Å². The van der Waals surface area contributed by atoms with Crippen molar-refractivity contribution in [2.45, 2.75) is 46.1 Å². The van der Waals surface area contributed by atoms with Gasteiger partial charge in [-0.2, -0.15) is 0 Å². The Morgan fingerprint density at radius 2 is 1.79 bits per heavy atom. The summed E-state index contributed by atoms with van der Waals surface area (Å²) in [5, 5.41) is 6.28. The van der Waals surface area contributed by atoms with Crippen LogP contribution in [0.3, 0.4) is 0 Å². The summed E-state index contributed by atoms with van der Waals surface area (Å²) in [6.07, 6.45) is 2.98. The van der Waals surface area contributed by atoms with Crippen LogP contribution in [0.15, 0.2) is 48.5 Å². The summed E-state index contributed by atoms with van der Waals surface area (Å²) in [5.74, 6) is 1.50. The third-order valence-electron chi connectivity index (χ3n) is 5.22. The van der Waals surface area contributed by atoms with Crippen molar-refractivity contribution in [1.29, 1.82) is 0 Å². The third kappa shape index (κ3) is 6.41. The molecule has 156 valence electrons. The van der Waals surface area contributed by atoms with Gasteiger partial charge in [0.05, 0.1) is 11.8 Å². The van der Waals surface area contributed by atoms with Crippen molar-refractivity contribution in [3.05, 3.63) is 48.5 Å². The van der Waals surface area contributed by atoms with Gasteiger partial charge in [-0.15, -0.1) is 0 Å². The lowest BCUT2D eigenvalue weighted by Crippen LogP contribution is -2.32. The first-order chi connectivity index (χ1) is 14.0. The van der Waals surface area contributed by atoms with Crippen molar-refractivity contribution in [1.82, 2.24) is 0 Å². The van der Waals surface area contributed by atoms with E-state index in [0.717, 1.165) is 24.7 Å². The summed E-state index contributed by atoms with van der Waals surface area (Å²) in [4.78, 5) is 14.8. The molecule has 1 fully saturated rings. The molecule has 0 aliphatic carbocycles. The maximum absolute atomic E-state index is 12.3. The minimum atomic E-state index is -0.0311. The Balaban J connectivity index is 1.45. The van der Waals surface area contributed by atoms with Gasteiger partial charge in [0.25, 0.3) is 0 Å². The minimum absolute atomic E-state index is 0.0311. The van der Waals surface area contributed by atoms with E-state index < -0.39 is 0 Å². The second kappa shape index (κ2) is 10.2. The van der Waals surface area contributed by atoms with Gasteiger partial charge in [0.2, 0.25) is 5.91 Å². The predicted octanol–water partition coefficient (Wildman–Crippen LogP) is 5.15. The van der Waals surface area contributed by atoms with Crippen molar-refractivity contribution < 1.29 is 9.53 Å². The summed E-state index contributed by atoms with van der Waals surface area (Å²) < 4.78 is 5.75. The lowest BCUT2D eigenvalue weighted by molar-refractivity contribution is -0.116. The summed E-state index contributed by atoms with van der Waals surface area (Å²) in [6, 6.07) is 16.1. The second-order valence-corrected chi connectivity index (χ2v) is 8.10. The number of hydrogen-bond donors (Lipinski definition) is 2. The number of piperidine rings is 1. The Kier molecular flexibility index (Phi) is 7.39. The molecule has 2 aromatic carbocycles. The Morgan fingerprint density at radius 3 is 2.48 bits per heavy atom. The van der Waals surface area contributed by atoms with E-state index in [2.05, 4.69) is 46.7 Å². The molecular formula is C24H33N3O2. The van der Waals surface area contributed by atoms with Gasteiger partial charge in [-0.1, -0.05) is 19.1 Å². The van der Waals surface area contributed by atoms with Crippen molar-refractivity contribution in [3.8, 4) is 5.75 Å². The van der Waals surface area contributed by atoms with Gasteiger partial charge in [0.1, 0.15) is 5.75 Å². The molecule has 1 saturated heterocycles. The summed E-state index contributed by atoms with van der Waals surface area (Å²) in [6.45, 7) is 9.13. The van der Waals surface area contributed by atoms with Crippen molar-refractivity contribution >= 4 is 23.0 Å². The first-order valence-electron chi connectivity index (χ1n) is 10.7. The first-order valence-corrected chi connectivity index (χ1v) is 10.7. The molecule has 5 nitrogen and oxygen atoms in total. The number of rotatable bonds is 8. The van der Waals surface area contributed by atoms with E-state index in [1.807, 2.05) is 38.1 Å². The second-order valence-electron chi connectivity index (χ2n) is 8.10. The summed E-state index contributed by atoms with van der Waals surface area (Å²) in [7, 11) is 0. The predicted molar refractivity (Wildman–Crippen MR) is 121 cm³/mol. The van der Waals surface area contributed by atoms with Gasteiger partial charge in [0, 0.05) is 37.4 Å². The molecule has 1 heterocycles. The molecule has 0 spiro atoms. The highest BCUT2D eigenvalue weighted by Gasteiger charge is 2.15. The maximum Gasteiger partial charge on any atom is 0.226 e. The van der Waals surface area contributed by atoms with E-state index >= 15 is 0 Å². The monoisotopic (exact) mass is 395 g/mol. The smallest absolute Gasteiger partial charge is 0.226 e. The fourth-order valence-corrected chi connectivity index (χ4v) is 3.52. The molecule has 3 rings (SSSR count). The molecule has 0 bridgehead atoms. The zero-order chi connectivity index (χ0) is 20.6. The molecule has 1 aliphatic heterocycles. The van der Waals surface area contributed by atoms with E-state index in [0.29, 0.717) is 24.4 Å². The Labute approximate surface area is 174 Å². The van der Waals surface area contributed by atoms with E-state index in [1.54, 1.807) is 0 Å². The number of ether oxygens (including phenoxy) is 1. The van der Waals surface area contributed by atoms with Crippen LogP contribution in [-0.4, -0.2) is 31.6 Å². The van der Waals surface area contributed by atoms with Crippen LogP contribution in [0.2, 0.25) is 0 Å². The lowest BCUT2D eigenvalue weighted by Gasteiger charge is -2.32. The average molecular weight is 396 g/mol. The summed E-state index contributed by atoms with van der Waals surface area (Å²) in [5.41, 5.74) is 3.03. The van der Waals surface area contributed by atoms with Crippen LogP contribution in [-0.2, 0) is 4.79 Å². The Hall–Kier alpha value is -2.69. The van der Waals surface area contributed by atoms with Gasteiger partial charge >= 0.3 is 0 Å². The van der Waals surface area contributed by atoms with Crippen LogP contribution in [0.4, 0.5) is 17.1 Å². The number of benzene rings is 2. The molecule has 0 unspecified atom stereocenters. The SMILES string of the molecule is CC1CCN(c2ccc(NCCC(=O)Nc3ccccc3OC(C)C)cc2)CC1. The number of amides is 1. The van der Waals surface area contributed by atoms with Crippen LogP contribution in [0.1, 0.15) is 40.0 Å². The van der Waals surface area contributed by atoms with Gasteiger partial charge < -0.3 is 20.3 Å². The number of anilines is 3. The summed E-state index contributed by atoms with van der Waals surface area (Å²) >= 11 is 0. The van der Waals surface area contributed by atoms with Crippen LogP contribution >= 0.6 is 0 Å². The molecule has 1 aliphatic rings. The topological polar surface area (TPSA) is 53.6 Å². The normalized spacial score (nSPS) is 14.7. The first kappa shape index (κ1) is 21.0. The maximum atomic E-state index is 12.3. The Bertz CT molecular complexity index is 781. The zero-order valence-corrected chi connectivity index (χ0v) is 17.8. The zero-order valence-electron chi connectivity index (χ0n) is 17.8. The molecule has 0 saturated carbocycles. The fraction of sp³-hybridized carbons (Fsp3) is 0.458. The lowest BCUT2D eigenvalue weighted by atomic mass is 9.99. The van der Waals surface area contributed by atoms with Crippen LogP contribution in [0, 0.1) is 5.92 Å². The van der Waals surface area contributed by atoms with Crippen LogP contribution in [0.5, 0.6) is 5.75 Å². The Morgan fingerprint density at radius 1 is 1.10 bits per heavy atom. The molecule has 0 aromatic heterocycles. The van der Waals surface area contributed by atoms with Crippen molar-refractivity contribution in [2.75, 3.05) is 35.2 Å². The third-order valence-corrected chi connectivity index (χ3v) is 5.22. The average Bonchev–Trinajstić information content (AvgIpc) is 2.70. The van der Waals surface area contributed by atoms with E-state index in [9.17, 15) is 4.79 Å². The van der Waals surface area contributed by atoms with Gasteiger partial charge in [-0.3, -0.25) is 4.79 Å².